The summed E-state index contributed by atoms with van der Waals surface area (Å²) in [5.41, 5.74) is 2.74. The summed E-state index contributed by atoms with van der Waals surface area (Å²) in [5, 5.41) is 2.76. The molecule has 4 rings (SSSR count). The second kappa shape index (κ2) is 6.84. The van der Waals surface area contributed by atoms with Gasteiger partial charge in [-0.05, 0) is 42.0 Å². The molecule has 0 fully saturated rings. The summed E-state index contributed by atoms with van der Waals surface area (Å²) in [5.74, 6) is 0.297. The lowest BCUT2D eigenvalue weighted by molar-refractivity contribution is 0.0921. The highest BCUT2D eigenvalue weighted by molar-refractivity contribution is 5.91. The van der Waals surface area contributed by atoms with E-state index in [1.165, 1.54) is 12.1 Å². The zero-order valence-corrected chi connectivity index (χ0v) is 13.9. The number of nitrogens with one attached hydrogen (secondary N) is 1. The molecule has 130 valence electrons. The number of nitrogens with zero attached hydrogens (tertiary/aromatic N) is 2. The van der Waals surface area contributed by atoms with Crippen molar-refractivity contribution in [3.63, 3.8) is 0 Å². The van der Waals surface area contributed by atoms with Crippen molar-refractivity contribution < 1.29 is 13.6 Å². The molecule has 0 aliphatic rings. The second-order valence-electron chi connectivity index (χ2n) is 5.94. The molecule has 0 atom stereocenters. The molecule has 0 bridgehead atoms. The minimum absolute atomic E-state index is 0.242. The Hall–Kier alpha value is -3.41. The lowest BCUT2D eigenvalue weighted by atomic mass is 10.2. The number of halogens is 1. The van der Waals surface area contributed by atoms with E-state index in [0.29, 0.717) is 18.8 Å². The van der Waals surface area contributed by atoms with Crippen LogP contribution >= 0.6 is 0 Å². The molecule has 0 saturated carbocycles. The van der Waals surface area contributed by atoms with Crippen molar-refractivity contribution >= 4 is 16.9 Å². The Bertz CT molecular complexity index is 1050. The summed E-state index contributed by atoms with van der Waals surface area (Å²) < 4.78 is 20.5. The van der Waals surface area contributed by atoms with Crippen molar-refractivity contribution in [1.82, 2.24) is 14.9 Å². The van der Waals surface area contributed by atoms with Crippen molar-refractivity contribution in [1.29, 1.82) is 0 Å². The third-order valence-corrected chi connectivity index (χ3v) is 4.11. The summed E-state index contributed by atoms with van der Waals surface area (Å²) in [4.78, 5) is 16.6. The minimum atomic E-state index is -0.309. The number of amides is 1. The lowest BCUT2D eigenvalue weighted by Gasteiger charge is -2.04. The van der Waals surface area contributed by atoms with E-state index < -0.39 is 0 Å². The smallest absolute Gasteiger partial charge is 0.287 e. The van der Waals surface area contributed by atoms with Crippen LogP contribution in [0, 0.1) is 5.82 Å². The van der Waals surface area contributed by atoms with Crippen LogP contribution in [0.25, 0.3) is 11.0 Å². The number of carbonyl (C=O) groups excluding carboxylic acids is 1. The van der Waals surface area contributed by atoms with Gasteiger partial charge in [-0.25, -0.2) is 9.37 Å². The Morgan fingerprint density at radius 3 is 2.73 bits per heavy atom. The zero-order chi connectivity index (χ0) is 17.9. The minimum Gasteiger partial charge on any atom is -0.454 e. The van der Waals surface area contributed by atoms with Gasteiger partial charge in [0.1, 0.15) is 11.6 Å². The molecule has 0 spiro atoms. The van der Waals surface area contributed by atoms with Gasteiger partial charge in [-0.15, -0.1) is 0 Å². The van der Waals surface area contributed by atoms with Crippen LogP contribution in [0.1, 0.15) is 21.9 Å². The number of para-hydroxylation sites is 2. The zero-order valence-electron chi connectivity index (χ0n) is 13.9. The van der Waals surface area contributed by atoms with E-state index in [2.05, 4.69) is 10.3 Å². The molecule has 1 amide bonds. The number of imidazole rings is 1. The van der Waals surface area contributed by atoms with E-state index in [0.717, 1.165) is 16.6 Å². The molecule has 2 aromatic carbocycles. The van der Waals surface area contributed by atoms with E-state index in [4.69, 9.17) is 4.42 Å². The van der Waals surface area contributed by atoms with Gasteiger partial charge in [-0.1, -0.05) is 24.3 Å². The number of hydrogen-bond donors (Lipinski definition) is 1. The fraction of sp³-hybridized carbons (Fsp3) is 0.100. The topological polar surface area (TPSA) is 60.1 Å². The average molecular weight is 349 g/mol. The predicted octanol–water partition coefficient (Wildman–Crippen LogP) is 3.75. The molecule has 0 unspecified atom stereocenters. The molecule has 0 radical (unpaired) electrons. The van der Waals surface area contributed by atoms with Crippen LogP contribution in [0.3, 0.4) is 0 Å². The van der Waals surface area contributed by atoms with Crippen molar-refractivity contribution in [2.24, 2.45) is 0 Å². The van der Waals surface area contributed by atoms with Gasteiger partial charge >= 0.3 is 0 Å². The van der Waals surface area contributed by atoms with Gasteiger partial charge in [0, 0.05) is 6.54 Å². The second-order valence-corrected chi connectivity index (χ2v) is 5.94. The first-order chi connectivity index (χ1) is 12.7. The molecule has 2 heterocycles. The molecule has 0 aliphatic heterocycles. The molecule has 5 nitrogen and oxygen atoms in total. The fourth-order valence-corrected chi connectivity index (χ4v) is 2.76. The number of hydrogen-bond acceptors (Lipinski definition) is 3. The van der Waals surface area contributed by atoms with Crippen LogP contribution in [-0.4, -0.2) is 15.5 Å². The summed E-state index contributed by atoms with van der Waals surface area (Å²) in [6, 6.07) is 17.2. The van der Waals surface area contributed by atoms with Crippen LogP contribution in [0.5, 0.6) is 0 Å². The first kappa shape index (κ1) is 16.1. The average Bonchev–Trinajstić information content (AvgIpc) is 3.29. The highest BCUT2D eigenvalue weighted by Crippen LogP contribution is 2.16. The van der Waals surface area contributed by atoms with E-state index in [1.54, 1.807) is 30.6 Å². The third-order valence-electron chi connectivity index (χ3n) is 4.11. The number of furan rings is 1. The van der Waals surface area contributed by atoms with Gasteiger partial charge in [0.25, 0.3) is 5.91 Å². The number of rotatable bonds is 5. The van der Waals surface area contributed by atoms with Gasteiger partial charge < -0.3 is 14.3 Å². The van der Waals surface area contributed by atoms with Gasteiger partial charge in [-0.3, -0.25) is 4.79 Å². The Labute approximate surface area is 149 Å². The number of fused-ring (bicyclic) bond motifs is 1. The largest absolute Gasteiger partial charge is 0.454 e. The van der Waals surface area contributed by atoms with Crippen LogP contribution in [0.15, 0.2) is 71.4 Å². The number of aromatic nitrogens is 2. The molecule has 1 N–H and O–H groups in total. The maximum atomic E-state index is 12.9. The highest BCUT2D eigenvalue weighted by atomic mass is 19.1. The Morgan fingerprint density at radius 2 is 1.88 bits per heavy atom. The Kier molecular flexibility index (Phi) is 4.23. The summed E-state index contributed by atoms with van der Waals surface area (Å²) in [6.07, 6.45) is 1.75. The molecule has 2 aromatic heterocycles. The summed E-state index contributed by atoms with van der Waals surface area (Å²) in [7, 11) is 0. The first-order valence-corrected chi connectivity index (χ1v) is 8.20. The maximum absolute atomic E-state index is 12.9. The Morgan fingerprint density at radius 1 is 1.08 bits per heavy atom. The van der Waals surface area contributed by atoms with Crippen LogP contribution in [-0.2, 0) is 13.1 Å². The predicted molar refractivity (Wildman–Crippen MR) is 95.1 cm³/mol. The van der Waals surface area contributed by atoms with Crippen molar-refractivity contribution in [3.05, 3.63) is 89.9 Å². The molecule has 0 saturated heterocycles. The summed E-state index contributed by atoms with van der Waals surface area (Å²) >= 11 is 0. The maximum Gasteiger partial charge on any atom is 0.287 e. The fourth-order valence-electron chi connectivity index (χ4n) is 2.76. The normalized spacial score (nSPS) is 11.0. The SMILES string of the molecule is O=C(NCc1ccc(F)cc1)c1ccc(Cn2cnc3ccccc32)o1. The summed E-state index contributed by atoms with van der Waals surface area (Å²) in [6.45, 7) is 0.799. The Balaban J connectivity index is 1.42. The highest BCUT2D eigenvalue weighted by Gasteiger charge is 2.12. The molecular formula is C20H16FN3O2. The third kappa shape index (κ3) is 3.35. The molecule has 4 aromatic rings. The quantitative estimate of drug-likeness (QED) is 0.597. The van der Waals surface area contributed by atoms with E-state index in [9.17, 15) is 9.18 Å². The van der Waals surface area contributed by atoms with Crippen LogP contribution < -0.4 is 5.32 Å². The number of benzene rings is 2. The number of carbonyl (C=O) groups is 1. The lowest BCUT2D eigenvalue weighted by Crippen LogP contribution is -2.22. The van der Waals surface area contributed by atoms with Crippen LogP contribution in [0.4, 0.5) is 4.39 Å². The van der Waals surface area contributed by atoms with Gasteiger partial charge in [0.15, 0.2) is 5.76 Å². The van der Waals surface area contributed by atoms with E-state index in [-0.39, 0.29) is 17.5 Å². The van der Waals surface area contributed by atoms with Crippen molar-refractivity contribution in [2.45, 2.75) is 13.1 Å². The van der Waals surface area contributed by atoms with Gasteiger partial charge in [0.2, 0.25) is 0 Å². The molecule has 26 heavy (non-hydrogen) atoms. The van der Waals surface area contributed by atoms with Crippen molar-refractivity contribution in [3.8, 4) is 0 Å². The first-order valence-electron chi connectivity index (χ1n) is 8.20. The van der Waals surface area contributed by atoms with Gasteiger partial charge in [-0.2, -0.15) is 0 Å². The van der Waals surface area contributed by atoms with Crippen molar-refractivity contribution in [2.75, 3.05) is 0 Å². The standard InChI is InChI=1S/C20H16FN3O2/c21-15-7-5-14(6-8-15)11-22-20(25)19-10-9-16(26-19)12-24-13-23-17-3-1-2-4-18(17)24/h1-10,13H,11-12H2,(H,22,25). The molecule has 6 heteroatoms. The molecule has 0 aliphatic carbocycles. The molecular weight excluding hydrogens is 333 g/mol. The monoisotopic (exact) mass is 349 g/mol. The van der Waals surface area contributed by atoms with E-state index in [1.807, 2.05) is 28.8 Å². The van der Waals surface area contributed by atoms with Crippen LogP contribution in [0.2, 0.25) is 0 Å². The van der Waals surface area contributed by atoms with Gasteiger partial charge in [0.05, 0.1) is 23.9 Å². The van der Waals surface area contributed by atoms with E-state index >= 15 is 0 Å².